The van der Waals surface area contributed by atoms with E-state index in [2.05, 4.69) is 55.6 Å². The molecule has 0 fully saturated rings. The van der Waals surface area contributed by atoms with Crippen molar-refractivity contribution in [1.82, 2.24) is 5.32 Å². The van der Waals surface area contributed by atoms with Gasteiger partial charge in [0.1, 0.15) is 0 Å². The van der Waals surface area contributed by atoms with E-state index in [9.17, 15) is 19.8 Å². The Labute approximate surface area is 346 Å². The van der Waals surface area contributed by atoms with E-state index in [1.807, 2.05) is 6.08 Å². The van der Waals surface area contributed by atoms with Gasteiger partial charge < -0.3 is 20.3 Å². The summed E-state index contributed by atoms with van der Waals surface area (Å²) in [6, 6.07) is -0.647. The number of unbranched alkanes of at least 4 members (excludes halogenated alkanes) is 26. The van der Waals surface area contributed by atoms with Gasteiger partial charge in [0, 0.05) is 12.8 Å². The lowest BCUT2D eigenvalue weighted by Gasteiger charge is -2.19. The van der Waals surface area contributed by atoms with Crippen molar-refractivity contribution in [3.63, 3.8) is 0 Å². The van der Waals surface area contributed by atoms with E-state index in [-0.39, 0.29) is 18.5 Å². The molecule has 2 atom stereocenters. The molecule has 2 unspecified atom stereocenters. The van der Waals surface area contributed by atoms with Crippen molar-refractivity contribution >= 4 is 11.9 Å². The number of esters is 1. The highest BCUT2D eigenvalue weighted by Crippen LogP contribution is 2.13. The van der Waals surface area contributed by atoms with Crippen LogP contribution in [0.25, 0.3) is 0 Å². The van der Waals surface area contributed by atoms with E-state index >= 15 is 0 Å². The SMILES string of the molecule is CCCCC/C=C\C/C=C\CCCCCCCCCC(=O)OCCCCCCCC/C=C\CCCCCC(=O)NC(CO)C(O)/C=C/CCCCCCCCC. The summed E-state index contributed by atoms with van der Waals surface area (Å²) >= 11 is 0. The second-order valence-electron chi connectivity index (χ2n) is 16.1. The third kappa shape index (κ3) is 41.5. The molecular weight excluding hydrogens is 695 g/mol. The molecule has 6 nitrogen and oxygen atoms in total. The van der Waals surface area contributed by atoms with Crippen LogP contribution < -0.4 is 5.32 Å². The molecule has 0 aromatic carbocycles. The van der Waals surface area contributed by atoms with E-state index in [4.69, 9.17) is 4.74 Å². The van der Waals surface area contributed by atoms with Crippen LogP contribution in [0.3, 0.4) is 0 Å². The molecule has 6 heteroatoms. The standard InChI is InChI=1S/C50H91NO5/c1-3-5-7-9-11-13-14-15-16-17-18-21-24-28-32-36-40-44-50(55)56-45-41-37-33-29-25-22-19-20-23-27-31-35-39-43-49(54)51-47(46-52)48(53)42-38-34-30-26-12-10-8-6-4-2/h11,13,15-16,20,23,38,42,47-48,52-53H,3-10,12,14,17-19,21-22,24-37,39-41,43-46H2,1-2H3,(H,51,54)/b13-11-,16-15-,23-20-,42-38+. The number of carbonyl (C=O) groups excluding carboxylic acids is 2. The number of hydrogen-bond acceptors (Lipinski definition) is 5. The summed E-state index contributed by atoms with van der Waals surface area (Å²) in [6.07, 6.45) is 55.3. The molecule has 0 bridgehead atoms. The number of nitrogens with one attached hydrogen (secondary N) is 1. The van der Waals surface area contributed by atoms with Crippen molar-refractivity contribution in [1.29, 1.82) is 0 Å². The summed E-state index contributed by atoms with van der Waals surface area (Å²) in [6.45, 7) is 4.78. The average Bonchev–Trinajstić information content (AvgIpc) is 3.20. The van der Waals surface area contributed by atoms with Crippen LogP contribution in [-0.2, 0) is 14.3 Å². The molecule has 56 heavy (non-hydrogen) atoms. The number of hydrogen-bond donors (Lipinski definition) is 3. The quantitative estimate of drug-likeness (QED) is 0.0325. The lowest BCUT2D eigenvalue weighted by Crippen LogP contribution is -2.45. The van der Waals surface area contributed by atoms with Crippen LogP contribution in [0.15, 0.2) is 48.6 Å². The van der Waals surface area contributed by atoms with Crippen LogP contribution in [-0.4, -0.2) is 47.4 Å². The number of carbonyl (C=O) groups is 2. The minimum atomic E-state index is -0.860. The first-order valence-corrected chi connectivity index (χ1v) is 23.9. The maximum absolute atomic E-state index is 12.3. The molecule has 0 aliphatic heterocycles. The molecule has 0 saturated heterocycles. The fraction of sp³-hybridized carbons (Fsp3) is 0.800. The van der Waals surface area contributed by atoms with E-state index in [0.717, 1.165) is 77.0 Å². The number of aliphatic hydroxyl groups excluding tert-OH is 2. The van der Waals surface area contributed by atoms with Crippen LogP contribution in [0.1, 0.15) is 232 Å². The van der Waals surface area contributed by atoms with Crippen LogP contribution in [0.4, 0.5) is 0 Å². The van der Waals surface area contributed by atoms with Gasteiger partial charge in [0.25, 0.3) is 0 Å². The Hall–Kier alpha value is -2.18. The van der Waals surface area contributed by atoms with Gasteiger partial charge in [0.05, 0.1) is 25.4 Å². The van der Waals surface area contributed by atoms with Crippen LogP contribution in [0.5, 0.6) is 0 Å². The van der Waals surface area contributed by atoms with E-state index in [1.54, 1.807) is 6.08 Å². The monoisotopic (exact) mass is 786 g/mol. The third-order valence-electron chi connectivity index (χ3n) is 10.6. The molecule has 0 radical (unpaired) electrons. The largest absolute Gasteiger partial charge is 0.466 e. The summed E-state index contributed by atoms with van der Waals surface area (Å²) in [5.74, 6) is -0.127. The molecule has 0 rings (SSSR count). The van der Waals surface area contributed by atoms with Crippen molar-refractivity contribution in [3.8, 4) is 0 Å². The van der Waals surface area contributed by atoms with Crippen molar-refractivity contribution in [2.75, 3.05) is 13.2 Å². The fourth-order valence-corrected chi connectivity index (χ4v) is 6.83. The molecule has 3 N–H and O–H groups in total. The van der Waals surface area contributed by atoms with Crippen LogP contribution in [0, 0.1) is 0 Å². The molecule has 0 aliphatic rings. The highest BCUT2D eigenvalue weighted by atomic mass is 16.5. The Morgan fingerprint density at radius 3 is 1.43 bits per heavy atom. The normalized spacial score (nSPS) is 13.1. The van der Waals surface area contributed by atoms with Gasteiger partial charge in [-0.25, -0.2) is 0 Å². The predicted molar refractivity (Wildman–Crippen MR) is 241 cm³/mol. The molecule has 0 heterocycles. The third-order valence-corrected chi connectivity index (χ3v) is 10.6. The average molecular weight is 786 g/mol. The molecule has 0 aliphatic carbocycles. The molecule has 1 amide bonds. The molecule has 0 aromatic rings. The number of ether oxygens (including phenoxy) is 1. The first kappa shape index (κ1) is 53.8. The topological polar surface area (TPSA) is 95.9 Å². The van der Waals surface area contributed by atoms with Crippen LogP contribution >= 0.6 is 0 Å². The van der Waals surface area contributed by atoms with Gasteiger partial charge in [0.2, 0.25) is 5.91 Å². The summed E-state index contributed by atoms with van der Waals surface area (Å²) in [7, 11) is 0. The Morgan fingerprint density at radius 2 is 0.893 bits per heavy atom. The van der Waals surface area contributed by atoms with Gasteiger partial charge in [-0.05, 0) is 89.9 Å². The molecule has 0 aromatic heterocycles. The number of amides is 1. The van der Waals surface area contributed by atoms with E-state index in [0.29, 0.717) is 19.4 Å². The lowest BCUT2D eigenvalue weighted by atomic mass is 10.1. The van der Waals surface area contributed by atoms with Gasteiger partial charge in [-0.2, -0.15) is 0 Å². The van der Waals surface area contributed by atoms with Gasteiger partial charge in [-0.3, -0.25) is 9.59 Å². The summed E-state index contributed by atoms with van der Waals surface area (Å²) < 4.78 is 5.45. The second-order valence-corrected chi connectivity index (χ2v) is 16.1. The van der Waals surface area contributed by atoms with Crippen molar-refractivity contribution in [3.05, 3.63) is 48.6 Å². The zero-order valence-corrected chi connectivity index (χ0v) is 36.8. The van der Waals surface area contributed by atoms with Gasteiger partial charge >= 0.3 is 5.97 Å². The van der Waals surface area contributed by atoms with Gasteiger partial charge in [-0.15, -0.1) is 0 Å². The van der Waals surface area contributed by atoms with Crippen molar-refractivity contribution in [2.24, 2.45) is 0 Å². The summed E-state index contributed by atoms with van der Waals surface area (Å²) in [5, 5.41) is 22.8. The number of rotatable bonds is 43. The maximum Gasteiger partial charge on any atom is 0.305 e. The lowest BCUT2D eigenvalue weighted by molar-refractivity contribution is -0.143. The zero-order chi connectivity index (χ0) is 40.8. The van der Waals surface area contributed by atoms with Gasteiger partial charge in [-0.1, -0.05) is 178 Å². The maximum atomic E-state index is 12.3. The Balaban J connectivity index is 3.51. The van der Waals surface area contributed by atoms with E-state index < -0.39 is 12.1 Å². The van der Waals surface area contributed by atoms with E-state index in [1.165, 1.54) is 128 Å². The van der Waals surface area contributed by atoms with Crippen molar-refractivity contribution < 1.29 is 24.5 Å². The molecular formula is C50H91NO5. The zero-order valence-electron chi connectivity index (χ0n) is 36.8. The predicted octanol–water partition coefficient (Wildman–Crippen LogP) is 13.9. The smallest absolute Gasteiger partial charge is 0.305 e. The van der Waals surface area contributed by atoms with Gasteiger partial charge in [0.15, 0.2) is 0 Å². The summed E-state index contributed by atoms with van der Waals surface area (Å²) in [5.41, 5.74) is 0. The Morgan fingerprint density at radius 1 is 0.500 bits per heavy atom. The highest BCUT2D eigenvalue weighted by molar-refractivity contribution is 5.76. The molecule has 0 spiro atoms. The Kier molecular flexibility index (Phi) is 43.7. The molecule has 0 saturated carbocycles. The summed E-state index contributed by atoms with van der Waals surface area (Å²) in [4.78, 5) is 24.4. The minimum Gasteiger partial charge on any atom is -0.466 e. The number of aliphatic hydroxyl groups is 2. The first-order chi connectivity index (χ1) is 27.5. The molecule has 326 valence electrons. The second kappa shape index (κ2) is 45.5. The van der Waals surface area contributed by atoms with Crippen molar-refractivity contribution in [2.45, 2.75) is 244 Å². The Bertz CT molecular complexity index is 957. The minimum absolute atomic E-state index is 0.0234. The van der Waals surface area contributed by atoms with Crippen LogP contribution in [0.2, 0.25) is 0 Å². The first-order valence-electron chi connectivity index (χ1n) is 23.9. The highest BCUT2D eigenvalue weighted by Gasteiger charge is 2.18. The number of allylic oxidation sites excluding steroid dienone is 7. The fourth-order valence-electron chi connectivity index (χ4n) is 6.83.